The summed E-state index contributed by atoms with van der Waals surface area (Å²) in [6, 6.07) is 16.9. The predicted octanol–water partition coefficient (Wildman–Crippen LogP) is 8.46. The molecule has 0 unspecified atom stereocenters. The van der Waals surface area contributed by atoms with Crippen LogP contribution < -0.4 is 35.3 Å². The molecule has 63 heavy (non-hydrogen) atoms. The predicted molar refractivity (Wildman–Crippen MR) is 226 cm³/mol. The molecule has 0 aliphatic heterocycles. The van der Waals surface area contributed by atoms with Gasteiger partial charge < -0.3 is 35.3 Å². The van der Waals surface area contributed by atoms with Gasteiger partial charge in [0, 0.05) is 11.1 Å². The number of amides is 2. The molecule has 2 amide bonds. The zero-order chi connectivity index (χ0) is 45.3. The Morgan fingerprint density at radius 3 is 1.32 bits per heavy atom. The van der Waals surface area contributed by atoms with E-state index in [1.54, 1.807) is 24.3 Å². The summed E-state index contributed by atoms with van der Waals surface area (Å²) >= 11 is 0. The molecule has 4 rings (SSSR count). The Balaban J connectivity index is 0.000000427. The van der Waals surface area contributed by atoms with Crippen LogP contribution in [0.5, 0.6) is 23.0 Å². The van der Waals surface area contributed by atoms with Crippen molar-refractivity contribution in [1.82, 2.24) is 10.6 Å². The van der Waals surface area contributed by atoms with Crippen molar-refractivity contribution in [3.05, 3.63) is 119 Å². The van der Waals surface area contributed by atoms with Crippen molar-refractivity contribution < 1.29 is 64.5 Å². The number of Topliss-reactive ketones (excluding diaryl/α,β-unsaturated/α-hetero) is 2. The molecule has 0 fully saturated rings. The van der Waals surface area contributed by atoms with Crippen LogP contribution in [0.3, 0.4) is 0 Å². The van der Waals surface area contributed by atoms with Crippen LogP contribution in [0.1, 0.15) is 80.0 Å². The lowest BCUT2D eigenvalue weighted by Gasteiger charge is -2.18. The molecule has 4 aromatic rings. The molecule has 0 heterocycles. The van der Waals surface area contributed by atoms with E-state index < -0.39 is 96.8 Å². The number of benzene rings is 4. The number of ketones is 2. The van der Waals surface area contributed by atoms with E-state index in [4.69, 9.17) is 24.7 Å². The third-order valence-electron chi connectivity index (χ3n) is 8.87. The number of halogens is 6. The summed E-state index contributed by atoms with van der Waals surface area (Å²) in [5.74, 6) is -6.43. The highest BCUT2D eigenvalue weighted by molar-refractivity contribution is 5.99. The average Bonchev–Trinajstić information content (AvgIpc) is 3.26. The van der Waals surface area contributed by atoms with Gasteiger partial charge in [-0.2, -0.15) is 0 Å². The van der Waals surface area contributed by atoms with E-state index in [1.807, 2.05) is 6.92 Å². The van der Waals surface area contributed by atoms with Crippen LogP contribution >= 0.6 is 0 Å². The number of unbranched alkanes of at least 4 members (excludes halogenated alkanes) is 3. The second kappa shape index (κ2) is 29.2. The summed E-state index contributed by atoms with van der Waals surface area (Å²) in [5.41, 5.74) is 5.94. The lowest BCUT2D eigenvalue weighted by Crippen LogP contribution is -2.43. The number of para-hydroxylation sites is 2. The quantitative estimate of drug-likeness (QED) is 0.0416. The van der Waals surface area contributed by atoms with E-state index in [0.717, 1.165) is 37.1 Å². The van der Waals surface area contributed by atoms with E-state index in [9.17, 15) is 45.5 Å². The Labute approximate surface area is 363 Å². The smallest absolute Gasteiger partial charge is 0.251 e. The van der Waals surface area contributed by atoms with Gasteiger partial charge >= 0.3 is 0 Å². The fourth-order valence-corrected chi connectivity index (χ4v) is 5.70. The maximum absolute atomic E-state index is 13.7. The van der Waals surface area contributed by atoms with Gasteiger partial charge in [-0.1, -0.05) is 57.9 Å². The van der Waals surface area contributed by atoms with Gasteiger partial charge in [0.25, 0.3) is 11.8 Å². The van der Waals surface area contributed by atoms with Crippen LogP contribution in [0, 0.1) is 23.3 Å². The van der Waals surface area contributed by atoms with Gasteiger partial charge in [-0.3, -0.25) is 19.2 Å². The van der Waals surface area contributed by atoms with Gasteiger partial charge in [-0.05, 0) is 92.9 Å². The maximum Gasteiger partial charge on any atom is 0.251 e. The van der Waals surface area contributed by atoms with Crippen molar-refractivity contribution in [1.29, 1.82) is 0 Å². The van der Waals surface area contributed by atoms with Crippen LogP contribution in [0.2, 0.25) is 0 Å². The first-order valence-electron chi connectivity index (χ1n) is 20.0. The number of nitrogens with one attached hydrogen (secondary N) is 2. The number of ether oxygens (including phenoxy) is 4. The minimum atomic E-state index is -0.940. The van der Waals surface area contributed by atoms with Crippen LogP contribution in [0.25, 0.3) is 0 Å². The van der Waals surface area contributed by atoms with Gasteiger partial charge in [0.05, 0.1) is 12.1 Å². The number of alkyl halides is 2. The van der Waals surface area contributed by atoms with Gasteiger partial charge in [0.15, 0.2) is 46.3 Å². The van der Waals surface area contributed by atoms with Crippen LogP contribution in [0.15, 0.2) is 84.9 Å². The molecule has 0 aromatic heterocycles. The third-order valence-corrected chi connectivity index (χ3v) is 8.87. The molecule has 0 aliphatic carbocycles. The number of carbonyl (C=O) groups excluding carboxylic acids is 4. The lowest BCUT2D eigenvalue weighted by atomic mass is 10.0. The Morgan fingerprint density at radius 2 is 0.952 bits per heavy atom. The molecular weight excluding hydrogens is 837 g/mol. The van der Waals surface area contributed by atoms with Crippen molar-refractivity contribution in [3.8, 4) is 23.0 Å². The molecule has 4 N–H and O–H groups in total. The molecule has 0 saturated carbocycles. The van der Waals surface area contributed by atoms with Crippen LogP contribution in [0.4, 0.5) is 26.3 Å². The molecule has 0 saturated heterocycles. The number of nitrogens with two attached hydrogens (primary N) is 1. The van der Waals surface area contributed by atoms with Crippen molar-refractivity contribution in [2.45, 2.75) is 71.4 Å². The molecule has 0 aliphatic rings. The van der Waals surface area contributed by atoms with Crippen molar-refractivity contribution in [2.75, 3.05) is 46.3 Å². The van der Waals surface area contributed by atoms with E-state index >= 15 is 0 Å². The van der Waals surface area contributed by atoms with Gasteiger partial charge in [-0.15, -0.1) is 0 Å². The number of rotatable bonds is 26. The van der Waals surface area contributed by atoms with E-state index in [0.29, 0.717) is 43.7 Å². The Bertz CT molecular complexity index is 1860. The van der Waals surface area contributed by atoms with E-state index in [-0.39, 0.29) is 38.2 Å². The molecule has 0 bridgehead atoms. The summed E-state index contributed by atoms with van der Waals surface area (Å²) in [5, 5.41) is 5.27. The van der Waals surface area contributed by atoms with Crippen LogP contribution in [-0.4, -0.2) is 81.8 Å². The zero-order valence-corrected chi connectivity index (χ0v) is 34.2. The molecule has 0 spiro atoms. The van der Waals surface area contributed by atoms with Gasteiger partial charge in [-0.25, -0.2) is 26.3 Å². The van der Waals surface area contributed by atoms with Crippen molar-refractivity contribution in [3.63, 3.8) is 0 Å². The van der Waals surface area contributed by atoms with Crippen molar-refractivity contribution in [2.24, 2.45) is 5.73 Å². The zero-order valence-electron chi connectivity index (χ0n) is 34.2. The minimum absolute atomic E-state index is 0. The molecule has 0 radical (unpaired) electrons. The Morgan fingerprint density at radius 1 is 0.571 bits per heavy atom. The fourth-order valence-electron chi connectivity index (χ4n) is 5.70. The van der Waals surface area contributed by atoms with Gasteiger partial charge in [0.1, 0.15) is 51.3 Å². The first kappa shape index (κ1) is 53.0. The fraction of sp³-hybridized carbons (Fsp3) is 0.391. The van der Waals surface area contributed by atoms with Crippen molar-refractivity contribution >= 4 is 23.4 Å². The van der Waals surface area contributed by atoms with E-state index in [1.165, 1.54) is 36.4 Å². The monoisotopic (exact) mass is 891 g/mol. The Hall–Kier alpha value is -6.10. The van der Waals surface area contributed by atoms with E-state index in [2.05, 4.69) is 10.6 Å². The minimum Gasteiger partial charge on any atom is -0.491 e. The highest BCUT2D eigenvalue weighted by Crippen LogP contribution is 2.23. The number of hydrogen-bond donors (Lipinski definition) is 3. The largest absolute Gasteiger partial charge is 0.491 e. The Kier molecular flexibility index (Phi) is 24.6. The summed E-state index contributed by atoms with van der Waals surface area (Å²) in [6.45, 7) is -0.395. The highest BCUT2D eigenvalue weighted by atomic mass is 19.2. The summed E-state index contributed by atoms with van der Waals surface area (Å²) < 4.78 is 99.9. The average molecular weight is 892 g/mol. The van der Waals surface area contributed by atoms with Gasteiger partial charge in [0.2, 0.25) is 0 Å². The molecule has 11 nitrogen and oxygen atoms in total. The summed E-state index contributed by atoms with van der Waals surface area (Å²) in [4.78, 5) is 50.6. The molecule has 4 aromatic carbocycles. The second-order valence-corrected chi connectivity index (χ2v) is 13.6. The second-order valence-electron chi connectivity index (χ2n) is 13.6. The third kappa shape index (κ3) is 18.4. The normalized spacial score (nSPS) is 11.4. The SMILES string of the molecule is C.CCCCC[C@H](NC(=O)c1cccc(OCCF)c1)C(=O)COc1c(F)cccc1F.NCCCC[C@H](NC(=O)c1cccc(OCCF)c1)C(=O)COc1c(F)cccc1F. The maximum atomic E-state index is 13.7. The standard InChI is InChI=1S/C23H26F3NO4.C22H25F3N2O4.CH4/c1-2-3-4-11-20(21(28)15-31-22-18(25)9-6-10-19(22)26)27-23(29)16-7-5-8-17(14-16)30-13-12-24;23-10-12-30-16-6-3-5-15(13-16)22(29)27-19(9-1-2-11-26)20(28)14-31-21-17(24)7-4-8-18(21)25;/h5-10,14,20H,2-4,11-13,15H2,1H3,(H,27,29);3-8,13,19H,1-2,9-12,14,26H2,(H,27,29);1H4/t20-;19-;/m00./s1. The molecular formula is C46H55F6N3O8. The summed E-state index contributed by atoms with van der Waals surface area (Å²) in [6.07, 6.45) is 4.29. The first-order chi connectivity index (χ1) is 29.9. The number of carbonyl (C=O) groups is 4. The topological polar surface area (TPSA) is 155 Å². The molecule has 17 heteroatoms. The first-order valence-corrected chi connectivity index (χ1v) is 20.0. The van der Waals surface area contributed by atoms with Crippen LogP contribution in [-0.2, 0) is 9.59 Å². The number of hydrogen-bond acceptors (Lipinski definition) is 9. The molecule has 344 valence electrons. The lowest BCUT2D eigenvalue weighted by molar-refractivity contribution is -0.123. The highest BCUT2D eigenvalue weighted by Gasteiger charge is 2.25. The molecule has 2 atom stereocenters. The summed E-state index contributed by atoms with van der Waals surface area (Å²) in [7, 11) is 0.